The van der Waals surface area contributed by atoms with Gasteiger partial charge in [-0.1, -0.05) is 17.8 Å². The summed E-state index contributed by atoms with van der Waals surface area (Å²) in [6.07, 6.45) is 1.54. The third-order valence-electron chi connectivity index (χ3n) is 2.11. The normalized spacial score (nSPS) is 10.4. The van der Waals surface area contributed by atoms with Gasteiger partial charge in [0.05, 0.1) is 6.61 Å². The van der Waals surface area contributed by atoms with Gasteiger partial charge >= 0.3 is 0 Å². The van der Waals surface area contributed by atoms with Crippen LogP contribution in [-0.4, -0.2) is 27.1 Å². The summed E-state index contributed by atoms with van der Waals surface area (Å²) in [4.78, 5) is 4.11. The second-order valence-electron chi connectivity index (χ2n) is 3.44. The van der Waals surface area contributed by atoms with E-state index in [2.05, 4.69) is 10.1 Å². The fourth-order valence-corrected chi connectivity index (χ4v) is 2.02. The highest BCUT2D eigenvalue weighted by Gasteiger charge is 2.01. The van der Waals surface area contributed by atoms with E-state index < -0.39 is 0 Å². The number of nitrogens with zero attached hydrogens (tertiary/aromatic N) is 3. The maximum atomic E-state index is 5.65. The summed E-state index contributed by atoms with van der Waals surface area (Å²) < 4.78 is 7.31. The lowest BCUT2D eigenvalue weighted by Gasteiger charge is -2.06. The summed E-state index contributed by atoms with van der Waals surface area (Å²) in [5, 5.41) is 4.88. The molecule has 0 radical (unpaired) electrons. The quantitative estimate of drug-likeness (QED) is 0.495. The Balaban J connectivity index is 1.75. The van der Waals surface area contributed by atoms with Crippen LogP contribution >= 0.6 is 11.8 Å². The number of aromatic nitrogens is 3. The molecular formula is C11H14N4OS. The van der Waals surface area contributed by atoms with Crippen molar-refractivity contribution in [2.24, 2.45) is 7.05 Å². The zero-order valence-electron chi connectivity index (χ0n) is 9.54. The SMILES string of the molecule is Cn1ncnc1SCCOc1cccc(N)c1. The van der Waals surface area contributed by atoms with Gasteiger partial charge in [-0.3, -0.25) is 0 Å². The average Bonchev–Trinajstić information content (AvgIpc) is 2.71. The van der Waals surface area contributed by atoms with Crippen molar-refractivity contribution in [1.29, 1.82) is 0 Å². The zero-order valence-corrected chi connectivity index (χ0v) is 10.4. The van der Waals surface area contributed by atoms with Crippen molar-refractivity contribution in [1.82, 2.24) is 14.8 Å². The second kappa shape index (κ2) is 5.58. The molecule has 0 amide bonds. The van der Waals surface area contributed by atoms with Gasteiger partial charge in [0.25, 0.3) is 0 Å². The Morgan fingerprint density at radius 1 is 1.47 bits per heavy atom. The van der Waals surface area contributed by atoms with Gasteiger partial charge < -0.3 is 10.5 Å². The average molecular weight is 250 g/mol. The zero-order chi connectivity index (χ0) is 12.1. The number of thioether (sulfide) groups is 1. The van der Waals surface area contributed by atoms with E-state index in [1.807, 2.05) is 31.3 Å². The molecule has 0 spiro atoms. The Hall–Kier alpha value is -1.69. The molecule has 5 nitrogen and oxygen atoms in total. The molecule has 2 aromatic rings. The number of nitrogens with two attached hydrogens (primary N) is 1. The second-order valence-corrected chi connectivity index (χ2v) is 4.50. The molecule has 0 saturated heterocycles. The number of hydrogen-bond donors (Lipinski definition) is 1. The molecule has 17 heavy (non-hydrogen) atoms. The number of hydrogen-bond acceptors (Lipinski definition) is 5. The Bertz CT molecular complexity index is 486. The topological polar surface area (TPSA) is 66.0 Å². The molecule has 6 heteroatoms. The van der Waals surface area contributed by atoms with Crippen LogP contribution in [0.2, 0.25) is 0 Å². The number of aryl methyl sites for hydroxylation is 1. The first-order valence-electron chi connectivity index (χ1n) is 5.21. The lowest BCUT2D eigenvalue weighted by molar-refractivity contribution is 0.344. The van der Waals surface area contributed by atoms with Crippen LogP contribution in [0, 0.1) is 0 Å². The van der Waals surface area contributed by atoms with Gasteiger partial charge in [-0.2, -0.15) is 5.10 Å². The van der Waals surface area contributed by atoms with Crippen LogP contribution < -0.4 is 10.5 Å². The van der Waals surface area contributed by atoms with Gasteiger partial charge in [-0.25, -0.2) is 9.67 Å². The minimum atomic E-state index is 0.612. The highest BCUT2D eigenvalue weighted by molar-refractivity contribution is 7.99. The van der Waals surface area contributed by atoms with Crippen molar-refractivity contribution < 1.29 is 4.74 Å². The summed E-state index contributed by atoms with van der Waals surface area (Å²) >= 11 is 1.61. The van der Waals surface area contributed by atoms with Crippen LogP contribution in [0.3, 0.4) is 0 Å². The van der Waals surface area contributed by atoms with Crippen LogP contribution in [0.1, 0.15) is 0 Å². The third kappa shape index (κ3) is 3.39. The van der Waals surface area contributed by atoms with Gasteiger partial charge in [-0.15, -0.1) is 0 Å². The molecule has 0 saturated carbocycles. The minimum absolute atomic E-state index is 0.612. The highest BCUT2D eigenvalue weighted by atomic mass is 32.2. The van der Waals surface area contributed by atoms with E-state index in [-0.39, 0.29) is 0 Å². The van der Waals surface area contributed by atoms with E-state index in [1.54, 1.807) is 22.8 Å². The third-order valence-corrected chi connectivity index (χ3v) is 3.11. The van der Waals surface area contributed by atoms with E-state index in [9.17, 15) is 0 Å². The summed E-state index contributed by atoms with van der Waals surface area (Å²) in [6.45, 7) is 0.612. The molecule has 0 aliphatic rings. The van der Waals surface area contributed by atoms with E-state index >= 15 is 0 Å². The molecule has 90 valence electrons. The van der Waals surface area contributed by atoms with Crippen molar-refractivity contribution in [2.45, 2.75) is 5.16 Å². The summed E-state index contributed by atoms with van der Waals surface area (Å²) in [5.74, 6) is 1.62. The van der Waals surface area contributed by atoms with Crippen molar-refractivity contribution in [3.63, 3.8) is 0 Å². The minimum Gasteiger partial charge on any atom is -0.493 e. The number of nitrogen functional groups attached to an aromatic ring is 1. The molecule has 1 heterocycles. The Labute approximate surface area is 104 Å². The van der Waals surface area contributed by atoms with Crippen LogP contribution in [0.15, 0.2) is 35.7 Å². The molecule has 0 atom stereocenters. The summed E-state index contributed by atoms with van der Waals surface area (Å²) in [7, 11) is 1.87. The molecule has 1 aromatic heterocycles. The van der Waals surface area contributed by atoms with E-state index in [4.69, 9.17) is 10.5 Å². The van der Waals surface area contributed by atoms with Crippen LogP contribution in [0.4, 0.5) is 5.69 Å². The Kier molecular flexibility index (Phi) is 3.87. The first-order chi connectivity index (χ1) is 8.25. The Morgan fingerprint density at radius 3 is 3.06 bits per heavy atom. The number of anilines is 1. The van der Waals surface area contributed by atoms with Crippen LogP contribution in [0.5, 0.6) is 5.75 Å². The van der Waals surface area contributed by atoms with E-state index in [0.29, 0.717) is 12.3 Å². The predicted molar refractivity (Wildman–Crippen MR) is 68.1 cm³/mol. The van der Waals surface area contributed by atoms with Gasteiger partial charge in [-0.05, 0) is 12.1 Å². The van der Waals surface area contributed by atoms with Gasteiger partial charge in [0.15, 0.2) is 5.16 Å². The molecule has 0 bridgehead atoms. The summed E-state index contributed by atoms with van der Waals surface area (Å²) in [6, 6.07) is 7.41. The van der Waals surface area contributed by atoms with Crippen molar-refractivity contribution >= 4 is 17.4 Å². The maximum Gasteiger partial charge on any atom is 0.185 e. The molecule has 2 rings (SSSR count). The number of rotatable bonds is 5. The molecule has 1 aromatic carbocycles. The summed E-state index contributed by atoms with van der Waals surface area (Å²) in [5.41, 5.74) is 6.36. The van der Waals surface area contributed by atoms with Crippen molar-refractivity contribution in [3.05, 3.63) is 30.6 Å². The standard InChI is InChI=1S/C11H14N4OS/c1-15-11(13-8-14-15)17-6-5-16-10-4-2-3-9(12)7-10/h2-4,7-8H,5-6,12H2,1H3. The maximum absolute atomic E-state index is 5.65. The van der Waals surface area contributed by atoms with Crippen molar-refractivity contribution in [3.8, 4) is 5.75 Å². The fourth-order valence-electron chi connectivity index (χ4n) is 1.31. The molecule has 0 aliphatic heterocycles. The van der Waals surface area contributed by atoms with Gasteiger partial charge in [0, 0.05) is 24.6 Å². The highest BCUT2D eigenvalue weighted by Crippen LogP contribution is 2.16. The smallest absolute Gasteiger partial charge is 0.185 e. The number of benzene rings is 1. The largest absolute Gasteiger partial charge is 0.493 e. The number of ether oxygens (including phenoxy) is 1. The van der Waals surface area contributed by atoms with E-state index in [1.165, 1.54) is 0 Å². The van der Waals surface area contributed by atoms with Gasteiger partial charge in [0.1, 0.15) is 12.1 Å². The van der Waals surface area contributed by atoms with E-state index in [0.717, 1.165) is 16.7 Å². The molecule has 0 unspecified atom stereocenters. The lowest BCUT2D eigenvalue weighted by Crippen LogP contribution is -2.02. The van der Waals surface area contributed by atoms with Gasteiger partial charge in [0.2, 0.25) is 0 Å². The first-order valence-corrected chi connectivity index (χ1v) is 6.19. The molecule has 2 N–H and O–H groups in total. The molecular weight excluding hydrogens is 236 g/mol. The first kappa shape index (κ1) is 11.8. The van der Waals surface area contributed by atoms with Crippen LogP contribution in [-0.2, 0) is 7.05 Å². The van der Waals surface area contributed by atoms with Crippen LogP contribution in [0.25, 0.3) is 0 Å². The predicted octanol–water partition coefficient (Wildman–Crippen LogP) is 1.57. The Morgan fingerprint density at radius 2 is 2.35 bits per heavy atom. The van der Waals surface area contributed by atoms with Crippen molar-refractivity contribution in [2.75, 3.05) is 18.1 Å². The fraction of sp³-hybridized carbons (Fsp3) is 0.273. The molecule has 0 fully saturated rings. The lowest BCUT2D eigenvalue weighted by atomic mass is 10.3. The monoisotopic (exact) mass is 250 g/mol. The molecule has 0 aliphatic carbocycles.